The second kappa shape index (κ2) is 13.2. The molecular formula is C26H36N2O2S. The van der Waals surface area contributed by atoms with E-state index in [0.717, 1.165) is 29.1 Å². The van der Waals surface area contributed by atoms with Crippen LogP contribution in [0.25, 0.3) is 0 Å². The summed E-state index contributed by atoms with van der Waals surface area (Å²) < 4.78 is 0. The lowest BCUT2D eigenvalue weighted by atomic mass is 10.1. The number of thioether (sulfide) groups is 1. The Kier molecular flexibility index (Phi) is 10.6. The summed E-state index contributed by atoms with van der Waals surface area (Å²) in [5.41, 5.74) is 3.47. The maximum atomic E-state index is 13.2. The van der Waals surface area contributed by atoms with E-state index >= 15 is 0 Å². The summed E-state index contributed by atoms with van der Waals surface area (Å²) in [7, 11) is 0. The van der Waals surface area contributed by atoms with E-state index in [2.05, 4.69) is 23.5 Å². The third-order valence-electron chi connectivity index (χ3n) is 5.39. The van der Waals surface area contributed by atoms with Gasteiger partial charge in [-0.2, -0.15) is 11.8 Å². The average molecular weight is 441 g/mol. The number of carbonyl (C=O) groups is 2. The fraction of sp³-hybridized carbons (Fsp3) is 0.462. The number of benzene rings is 2. The lowest BCUT2D eigenvalue weighted by Crippen LogP contribution is -2.50. The largest absolute Gasteiger partial charge is 0.352 e. The molecule has 0 aliphatic rings. The summed E-state index contributed by atoms with van der Waals surface area (Å²) in [6.07, 6.45) is 1.89. The highest BCUT2D eigenvalue weighted by molar-refractivity contribution is 7.98. The Balaban J connectivity index is 2.07. The molecule has 1 N–H and O–H groups in total. The van der Waals surface area contributed by atoms with E-state index in [-0.39, 0.29) is 17.9 Å². The molecule has 2 rings (SSSR count). The lowest BCUT2D eigenvalue weighted by molar-refractivity contribution is -0.141. The van der Waals surface area contributed by atoms with Crippen LogP contribution >= 0.6 is 11.8 Å². The van der Waals surface area contributed by atoms with Gasteiger partial charge in [0.1, 0.15) is 6.04 Å². The third kappa shape index (κ3) is 8.41. The highest BCUT2D eigenvalue weighted by Gasteiger charge is 2.28. The van der Waals surface area contributed by atoms with Gasteiger partial charge in [-0.25, -0.2) is 0 Å². The minimum absolute atomic E-state index is 0.0354. The molecule has 0 aliphatic heterocycles. The maximum Gasteiger partial charge on any atom is 0.243 e. The van der Waals surface area contributed by atoms with Crippen molar-refractivity contribution in [1.82, 2.24) is 10.2 Å². The van der Waals surface area contributed by atoms with Crippen molar-refractivity contribution in [3.8, 4) is 0 Å². The summed E-state index contributed by atoms with van der Waals surface area (Å²) in [4.78, 5) is 28.0. The van der Waals surface area contributed by atoms with Crippen LogP contribution in [0.3, 0.4) is 0 Å². The van der Waals surface area contributed by atoms with Gasteiger partial charge < -0.3 is 10.2 Å². The average Bonchev–Trinajstić information content (AvgIpc) is 2.77. The monoisotopic (exact) mass is 440 g/mol. The number of amides is 2. The predicted octanol–water partition coefficient (Wildman–Crippen LogP) is 5.34. The summed E-state index contributed by atoms with van der Waals surface area (Å²) in [6, 6.07) is 18.1. The zero-order valence-corrected chi connectivity index (χ0v) is 20.1. The quantitative estimate of drug-likeness (QED) is 0.453. The fourth-order valence-corrected chi connectivity index (χ4v) is 4.33. The second-order valence-electron chi connectivity index (χ2n) is 8.04. The van der Waals surface area contributed by atoms with Crippen molar-refractivity contribution >= 4 is 23.6 Å². The highest BCUT2D eigenvalue weighted by atomic mass is 32.2. The molecule has 0 unspecified atom stereocenters. The van der Waals surface area contributed by atoms with Crippen LogP contribution < -0.4 is 5.32 Å². The molecule has 0 radical (unpaired) electrons. The smallest absolute Gasteiger partial charge is 0.243 e. The Bertz CT molecular complexity index is 825. The first-order valence-electron chi connectivity index (χ1n) is 11.2. The molecule has 168 valence electrons. The van der Waals surface area contributed by atoms with E-state index in [4.69, 9.17) is 0 Å². The van der Waals surface area contributed by atoms with Crippen molar-refractivity contribution < 1.29 is 9.59 Å². The third-order valence-corrected chi connectivity index (χ3v) is 6.42. The fourth-order valence-electron chi connectivity index (χ4n) is 3.44. The molecule has 0 aliphatic carbocycles. The topological polar surface area (TPSA) is 49.4 Å². The van der Waals surface area contributed by atoms with Gasteiger partial charge >= 0.3 is 0 Å². The summed E-state index contributed by atoms with van der Waals surface area (Å²) >= 11 is 1.75. The molecule has 0 fully saturated rings. The van der Waals surface area contributed by atoms with Crippen LogP contribution in [0.5, 0.6) is 0 Å². The second-order valence-corrected chi connectivity index (χ2v) is 9.15. The number of rotatable bonds is 12. The number of carbonyl (C=O) groups excluding carboxylic acids is 2. The minimum Gasteiger partial charge on any atom is -0.352 e. The van der Waals surface area contributed by atoms with Crippen LogP contribution in [0.1, 0.15) is 56.7 Å². The van der Waals surface area contributed by atoms with Gasteiger partial charge in [0, 0.05) is 30.5 Å². The van der Waals surface area contributed by atoms with E-state index < -0.39 is 6.04 Å². The van der Waals surface area contributed by atoms with E-state index in [1.54, 1.807) is 16.7 Å². The van der Waals surface area contributed by atoms with Gasteiger partial charge in [0.2, 0.25) is 11.8 Å². The van der Waals surface area contributed by atoms with Crippen molar-refractivity contribution in [2.45, 2.75) is 71.3 Å². The van der Waals surface area contributed by atoms with Gasteiger partial charge in [-0.1, -0.05) is 74.0 Å². The van der Waals surface area contributed by atoms with Crippen molar-refractivity contribution in [3.05, 3.63) is 71.3 Å². The number of hydrogen-bond acceptors (Lipinski definition) is 3. The van der Waals surface area contributed by atoms with E-state index in [9.17, 15) is 9.59 Å². The van der Waals surface area contributed by atoms with Crippen molar-refractivity contribution in [1.29, 1.82) is 0 Å². The zero-order valence-electron chi connectivity index (χ0n) is 19.3. The molecule has 2 aromatic carbocycles. The first kappa shape index (κ1) is 25.0. The normalized spacial score (nSPS) is 12.8. The Morgan fingerprint density at radius 1 is 1.00 bits per heavy atom. The number of aryl methyl sites for hydroxylation is 1. The van der Waals surface area contributed by atoms with Gasteiger partial charge in [-0.3, -0.25) is 9.59 Å². The maximum absolute atomic E-state index is 13.2. The number of hydrogen-bond donors (Lipinski definition) is 1. The van der Waals surface area contributed by atoms with Crippen LogP contribution in [0, 0.1) is 6.92 Å². The van der Waals surface area contributed by atoms with Gasteiger partial charge in [0.25, 0.3) is 0 Å². The lowest BCUT2D eigenvalue weighted by Gasteiger charge is -2.31. The van der Waals surface area contributed by atoms with Crippen molar-refractivity contribution in [2.24, 2.45) is 0 Å². The van der Waals surface area contributed by atoms with Crippen molar-refractivity contribution in [2.75, 3.05) is 5.75 Å². The Hall–Kier alpha value is -2.27. The molecule has 2 atom stereocenters. The first-order valence-corrected chi connectivity index (χ1v) is 12.4. The first-order chi connectivity index (χ1) is 14.9. The Morgan fingerprint density at radius 2 is 1.71 bits per heavy atom. The van der Waals surface area contributed by atoms with Gasteiger partial charge in [-0.15, -0.1) is 0 Å². The zero-order chi connectivity index (χ0) is 22.6. The van der Waals surface area contributed by atoms with Crippen molar-refractivity contribution in [3.63, 3.8) is 0 Å². The molecule has 0 saturated heterocycles. The number of nitrogens with zero attached hydrogens (tertiary/aromatic N) is 1. The molecule has 5 heteroatoms. The van der Waals surface area contributed by atoms with E-state index in [1.807, 2.05) is 64.1 Å². The molecule has 31 heavy (non-hydrogen) atoms. The Morgan fingerprint density at radius 3 is 2.35 bits per heavy atom. The van der Waals surface area contributed by atoms with Gasteiger partial charge in [-0.05, 0) is 37.8 Å². The molecular weight excluding hydrogens is 404 g/mol. The molecule has 2 amide bonds. The molecule has 0 bridgehead atoms. The highest BCUT2D eigenvalue weighted by Crippen LogP contribution is 2.18. The van der Waals surface area contributed by atoms with Crippen LogP contribution in [-0.2, 0) is 21.9 Å². The molecule has 2 aromatic rings. The Labute approximate surface area is 191 Å². The van der Waals surface area contributed by atoms with Gasteiger partial charge in [0.05, 0.1) is 0 Å². The molecule has 0 spiro atoms. The summed E-state index contributed by atoms with van der Waals surface area (Å²) in [5, 5.41) is 3.06. The standard InChI is InChI=1S/C26H36N2O2S/c1-5-21(4)27-26(30)24(6-2)28(18-23-14-10-11-20(3)17-23)25(29)15-16-31-19-22-12-8-7-9-13-22/h7-14,17,21,24H,5-6,15-16,18-19H2,1-4H3,(H,27,30)/t21-,24+/m1/s1. The van der Waals surface area contributed by atoms with Crippen LogP contribution in [0.4, 0.5) is 0 Å². The van der Waals surface area contributed by atoms with E-state index in [1.165, 1.54) is 5.56 Å². The van der Waals surface area contributed by atoms with Crippen LogP contribution in [0.2, 0.25) is 0 Å². The molecule has 0 heterocycles. The summed E-state index contributed by atoms with van der Waals surface area (Å²) in [5.74, 6) is 1.60. The number of nitrogens with one attached hydrogen (secondary N) is 1. The predicted molar refractivity (Wildman–Crippen MR) is 131 cm³/mol. The van der Waals surface area contributed by atoms with Gasteiger partial charge in [0.15, 0.2) is 0 Å². The SMILES string of the molecule is CC[C@@H](C)NC(=O)[C@H](CC)N(Cc1cccc(C)c1)C(=O)CCSCc1ccccc1. The molecule has 4 nitrogen and oxygen atoms in total. The molecule has 0 aromatic heterocycles. The summed E-state index contributed by atoms with van der Waals surface area (Å²) in [6.45, 7) is 8.52. The van der Waals surface area contributed by atoms with Crippen LogP contribution in [-0.4, -0.2) is 34.6 Å². The van der Waals surface area contributed by atoms with E-state index in [0.29, 0.717) is 19.4 Å². The van der Waals surface area contributed by atoms with Crippen LogP contribution in [0.15, 0.2) is 54.6 Å². The minimum atomic E-state index is -0.457. The molecule has 0 saturated carbocycles.